The zero-order chi connectivity index (χ0) is 28.2. The maximum Gasteiger partial charge on any atom is 0.274 e. The topological polar surface area (TPSA) is 108 Å². The van der Waals surface area contributed by atoms with Crippen LogP contribution >= 0.6 is 22.9 Å². The Morgan fingerprint density at radius 1 is 1.00 bits per heavy atom. The van der Waals surface area contributed by atoms with Gasteiger partial charge in [-0.15, -0.1) is 11.3 Å². The Labute approximate surface area is 232 Å². The van der Waals surface area contributed by atoms with Gasteiger partial charge in [0.05, 0.1) is 9.21 Å². The van der Waals surface area contributed by atoms with Gasteiger partial charge in [0, 0.05) is 31.4 Å². The molecule has 8 nitrogen and oxygen atoms in total. The summed E-state index contributed by atoms with van der Waals surface area (Å²) in [5.74, 6) is 0.257. The molecule has 1 aliphatic heterocycles. The quantitative estimate of drug-likeness (QED) is 0.377. The molecule has 0 unspecified atom stereocenters. The van der Waals surface area contributed by atoms with Gasteiger partial charge < -0.3 is 10.6 Å². The summed E-state index contributed by atoms with van der Waals surface area (Å²) in [6.45, 7) is 9.62. The lowest BCUT2D eigenvalue weighted by molar-refractivity contribution is -0.114. The third-order valence-electron chi connectivity index (χ3n) is 5.72. The van der Waals surface area contributed by atoms with Crippen LogP contribution in [0.3, 0.4) is 0 Å². The number of benzene rings is 1. The molecule has 2 amide bonds. The van der Waals surface area contributed by atoms with E-state index in [1.54, 1.807) is 24.4 Å². The van der Waals surface area contributed by atoms with Crippen molar-refractivity contribution in [3.8, 4) is 0 Å². The molecule has 2 N–H and O–H groups in total. The Balaban J connectivity index is 0.000000260. The second kappa shape index (κ2) is 12.1. The molecule has 2 aromatic heterocycles. The van der Waals surface area contributed by atoms with Crippen LogP contribution in [-0.2, 0) is 19.6 Å². The van der Waals surface area contributed by atoms with Crippen molar-refractivity contribution < 1.29 is 18.0 Å². The molecule has 202 valence electrons. The maximum absolute atomic E-state index is 12.9. The number of halogens is 1. The van der Waals surface area contributed by atoms with Crippen LogP contribution in [0.2, 0.25) is 4.34 Å². The van der Waals surface area contributed by atoms with E-state index >= 15 is 0 Å². The van der Waals surface area contributed by atoms with E-state index in [1.807, 2.05) is 38.1 Å². The average Bonchev–Trinajstić information content (AvgIpc) is 3.24. The molecule has 1 aromatic carbocycles. The highest BCUT2D eigenvalue weighted by molar-refractivity contribution is 7.89. The third-order valence-corrected chi connectivity index (χ3v) is 8.93. The van der Waals surface area contributed by atoms with Crippen LogP contribution in [0, 0.1) is 5.92 Å². The lowest BCUT2D eigenvalue weighted by atomic mass is 9.98. The van der Waals surface area contributed by atoms with Gasteiger partial charge in [0.15, 0.2) is 0 Å². The van der Waals surface area contributed by atoms with Crippen molar-refractivity contribution >= 4 is 61.9 Å². The fraction of sp³-hybridized carbons (Fsp3) is 0.296. The smallest absolute Gasteiger partial charge is 0.274 e. The number of hydrogen-bond donors (Lipinski definition) is 2. The van der Waals surface area contributed by atoms with Crippen molar-refractivity contribution in [3.05, 3.63) is 75.2 Å². The number of nitrogens with zero attached hydrogens (tertiary/aromatic N) is 2. The Bertz CT molecular complexity index is 1450. The molecule has 0 saturated heterocycles. The van der Waals surface area contributed by atoms with Crippen LogP contribution < -0.4 is 10.6 Å². The first kappa shape index (κ1) is 29.3. The van der Waals surface area contributed by atoms with Gasteiger partial charge in [0.2, 0.25) is 5.91 Å². The molecular weight excluding hydrogens is 544 g/mol. The number of thiophene rings is 1. The van der Waals surface area contributed by atoms with Crippen molar-refractivity contribution in [1.29, 1.82) is 0 Å². The molecule has 4 rings (SSSR count). The minimum absolute atomic E-state index is 0.0303. The van der Waals surface area contributed by atoms with Gasteiger partial charge in [-0.25, -0.2) is 13.4 Å². The van der Waals surface area contributed by atoms with Crippen molar-refractivity contribution in [2.75, 3.05) is 17.7 Å². The average molecular weight is 575 g/mol. The van der Waals surface area contributed by atoms with Crippen LogP contribution in [0.15, 0.2) is 65.3 Å². The number of nitrogens with one attached hydrogen (secondary N) is 2. The fourth-order valence-corrected chi connectivity index (χ4v) is 7.06. The summed E-state index contributed by atoms with van der Waals surface area (Å²) in [5, 5.41) is 5.39. The molecular formula is C27H31ClN4O4S2. The summed E-state index contributed by atoms with van der Waals surface area (Å²) in [6.07, 6.45) is 1.55. The molecule has 3 heterocycles. The largest absolute Gasteiger partial charge is 0.326 e. The number of carbonyl (C=O) groups is 2. The number of likely N-dealkylation sites (N-methyl/N-ethyl adjacent to an activating group) is 1. The summed E-state index contributed by atoms with van der Waals surface area (Å²) >= 11 is 7.22. The minimum atomic E-state index is -3.83. The summed E-state index contributed by atoms with van der Waals surface area (Å²) in [4.78, 5) is 28.3. The minimum Gasteiger partial charge on any atom is -0.326 e. The molecule has 0 bridgehead atoms. The number of sulfonamides is 1. The number of anilines is 2. The Hall–Kier alpha value is -3.21. The van der Waals surface area contributed by atoms with E-state index in [2.05, 4.69) is 29.5 Å². The van der Waals surface area contributed by atoms with Crippen LogP contribution in [0.25, 0.3) is 5.57 Å². The monoisotopic (exact) mass is 574 g/mol. The van der Waals surface area contributed by atoms with E-state index in [0.29, 0.717) is 26.5 Å². The van der Waals surface area contributed by atoms with Crippen molar-refractivity contribution in [1.82, 2.24) is 9.29 Å². The van der Waals surface area contributed by atoms with Crippen molar-refractivity contribution in [3.63, 3.8) is 0 Å². The second-order valence-electron chi connectivity index (χ2n) is 9.26. The van der Waals surface area contributed by atoms with E-state index in [-0.39, 0.29) is 22.4 Å². The molecule has 0 aliphatic carbocycles. The van der Waals surface area contributed by atoms with Gasteiger partial charge in [0.1, 0.15) is 16.4 Å². The van der Waals surface area contributed by atoms with Gasteiger partial charge in [-0.1, -0.05) is 57.5 Å². The number of pyridine rings is 1. The van der Waals surface area contributed by atoms with Crippen molar-refractivity contribution in [2.24, 2.45) is 5.92 Å². The number of rotatable bonds is 5. The molecule has 0 fully saturated rings. The number of aromatic nitrogens is 1. The zero-order valence-electron chi connectivity index (χ0n) is 22.1. The second-order valence-corrected chi connectivity index (χ2v) is 12.9. The Kier molecular flexibility index (Phi) is 9.35. The number of hydrogen-bond acceptors (Lipinski definition) is 6. The first-order chi connectivity index (χ1) is 17.8. The van der Waals surface area contributed by atoms with Crippen molar-refractivity contribution in [2.45, 2.75) is 45.4 Å². The lowest BCUT2D eigenvalue weighted by Gasteiger charge is -2.30. The van der Waals surface area contributed by atoms with E-state index in [4.69, 9.17) is 11.6 Å². The number of carbonyl (C=O) groups excluding carboxylic acids is 2. The Morgan fingerprint density at radius 3 is 2.18 bits per heavy atom. The van der Waals surface area contributed by atoms with Gasteiger partial charge in [-0.05, 0) is 47.7 Å². The number of allylic oxidation sites excluding steroid dienone is 1. The molecule has 0 atom stereocenters. The van der Waals surface area contributed by atoms with E-state index < -0.39 is 15.9 Å². The van der Waals surface area contributed by atoms with E-state index in [1.165, 1.54) is 25.6 Å². The SMILES string of the molecule is CC(=O)Nc1ccc(C(C)C)cc1.CC(C)C1=C(C(=O)Nc2ccccn2)N(C)S(=O)(=O)c2cc(Cl)sc21. The molecule has 0 radical (unpaired) electrons. The van der Waals surface area contributed by atoms with Crippen LogP contribution in [0.5, 0.6) is 0 Å². The van der Waals surface area contributed by atoms with Gasteiger partial charge in [-0.2, -0.15) is 0 Å². The highest BCUT2D eigenvalue weighted by Crippen LogP contribution is 2.45. The first-order valence-electron chi connectivity index (χ1n) is 12.0. The number of fused-ring (bicyclic) bond motifs is 1. The highest BCUT2D eigenvalue weighted by atomic mass is 35.5. The van der Waals surface area contributed by atoms with E-state index in [9.17, 15) is 18.0 Å². The summed E-state index contributed by atoms with van der Waals surface area (Å²) in [5.41, 5.74) is 2.88. The molecule has 11 heteroatoms. The van der Waals surface area contributed by atoms with Crippen LogP contribution in [0.4, 0.5) is 11.5 Å². The highest BCUT2D eigenvalue weighted by Gasteiger charge is 2.40. The summed E-state index contributed by atoms with van der Waals surface area (Å²) < 4.78 is 27.0. The summed E-state index contributed by atoms with van der Waals surface area (Å²) in [7, 11) is -2.46. The molecule has 0 saturated carbocycles. The fourth-order valence-electron chi connectivity index (χ4n) is 3.84. The van der Waals surface area contributed by atoms with Gasteiger partial charge >= 0.3 is 0 Å². The molecule has 3 aromatic rings. The standard InChI is InChI=1S/C16H16ClN3O3S2.C11H15NO/c1-9(2)13-14(16(21)19-12-6-4-5-7-18-12)20(3)25(22,23)10-8-11(17)24-15(10)13;1-8(2)10-4-6-11(7-5-10)12-9(3)13/h4-9H,1-3H3,(H,18,19,21);4-8H,1-3H3,(H,12,13). The molecule has 1 aliphatic rings. The summed E-state index contributed by atoms with van der Waals surface area (Å²) in [6, 6.07) is 14.5. The van der Waals surface area contributed by atoms with Crippen LogP contribution in [-0.4, -0.2) is 36.6 Å². The predicted molar refractivity (Wildman–Crippen MR) is 154 cm³/mol. The van der Waals surface area contributed by atoms with Gasteiger partial charge in [0.25, 0.3) is 15.9 Å². The third kappa shape index (κ3) is 6.61. The predicted octanol–water partition coefficient (Wildman–Crippen LogP) is 6.20. The maximum atomic E-state index is 12.9. The van der Waals surface area contributed by atoms with Crippen LogP contribution in [0.1, 0.15) is 51.0 Å². The normalized spacial score (nSPS) is 14.1. The molecule has 0 spiro atoms. The molecule has 38 heavy (non-hydrogen) atoms. The van der Waals surface area contributed by atoms with Gasteiger partial charge in [-0.3, -0.25) is 13.9 Å². The zero-order valence-corrected chi connectivity index (χ0v) is 24.5. The number of amides is 2. The van der Waals surface area contributed by atoms with E-state index in [0.717, 1.165) is 21.3 Å². The lowest BCUT2D eigenvalue weighted by Crippen LogP contribution is -2.37. The Morgan fingerprint density at radius 2 is 1.66 bits per heavy atom. The first-order valence-corrected chi connectivity index (χ1v) is 14.6.